The standard InChI is InChI=1S/C15H10F3NO3/c16-15(17,18)13-9-11(19(21)22)6-7-12(13)14(20)8-10-4-2-1-3-5-10/h1-7,9H,8H2. The minimum atomic E-state index is -4.84. The Balaban J connectivity index is 2.41. The molecule has 0 saturated carbocycles. The average Bonchev–Trinajstić information content (AvgIpc) is 2.46. The summed E-state index contributed by atoms with van der Waals surface area (Å²) in [6.07, 6.45) is -5.05. The number of non-ortho nitro benzene ring substituents is 1. The summed E-state index contributed by atoms with van der Waals surface area (Å²) in [7, 11) is 0. The highest BCUT2D eigenvalue weighted by Crippen LogP contribution is 2.34. The molecule has 0 aromatic heterocycles. The molecule has 7 heteroatoms. The van der Waals surface area contributed by atoms with Gasteiger partial charge in [-0.15, -0.1) is 0 Å². The Kier molecular flexibility index (Phi) is 4.25. The second kappa shape index (κ2) is 5.97. The summed E-state index contributed by atoms with van der Waals surface area (Å²) in [5.74, 6) is -0.742. The first-order valence-electron chi connectivity index (χ1n) is 6.22. The third-order valence-electron chi connectivity index (χ3n) is 3.03. The van der Waals surface area contributed by atoms with Crippen LogP contribution in [0.25, 0.3) is 0 Å². The Bertz CT molecular complexity index is 712. The van der Waals surface area contributed by atoms with Crippen LogP contribution in [0.4, 0.5) is 18.9 Å². The molecular weight excluding hydrogens is 299 g/mol. The Morgan fingerprint density at radius 3 is 2.27 bits per heavy atom. The number of nitro benzene ring substituents is 1. The SMILES string of the molecule is O=C(Cc1ccccc1)c1ccc([N+](=O)[O-])cc1C(F)(F)F. The van der Waals surface area contributed by atoms with E-state index >= 15 is 0 Å². The molecule has 0 spiro atoms. The second-order valence-corrected chi connectivity index (χ2v) is 4.57. The number of rotatable bonds is 4. The Hall–Kier alpha value is -2.70. The van der Waals surface area contributed by atoms with Gasteiger partial charge in [0.1, 0.15) is 0 Å². The molecule has 0 heterocycles. The molecule has 0 aliphatic heterocycles. The monoisotopic (exact) mass is 309 g/mol. The van der Waals surface area contributed by atoms with Gasteiger partial charge in [0.05, 0.1) is 10.5 Å². The molecule has 0 fully saturated rings. The van der Waals surface area contributed by atoms with Crippen molar-refractivity contribution in [3.8, 4) is 0 Å². The van der Waals surface area contributed by atoms with Gasteiger partial charge in [0.25, 0.3) is 5.69 Å². The van der Waals surface area contributed by atoms with Gasteiger partial charge in [-0.3, -0.25) is 14.9 Å². The van der Waals surface area contributed by atoms with E-state index in [1.807, 2.05) is 0 Å². The van der Waals surface area contributed by atoms with Gasteiger partial charge in [0.2, 0.25) is 0 Å². The van der Waals surface area contributed by atoms with E-state index in [-0.39, 0.29) is 6.42 Å². The van der Waals surface area contributed by atoms with Gasteiger partial charge in [-0.25, -0.2) is 0 Å². The van der Waals surface area contributed by atoms with Crippen LogP contribution in [0.2, 0.25) is 0 Å². The van der Waals surface area contributed by atoms with E-state index in [9.17, 15) is 28.1 Å². The molecule has 114 valence electrons. The maximum atomic E-state index is 13.0. The van der Waals surface area contributed by atoms with Crippen LogP contribution < -0.4 is 0 Å². The fraction of sp³-hybridized carbons (Fsp3) is 0.133. The topological polar surface area (TPSA) is 60.2 Å². The molecule has 0 radical (unpaired) electrons. The van der Waals surface area contributed by atoms with Crippen molar-refractivity contribution in [3.05, 3.63) is 75.3 Å². The van der Waals surface area contributed by atoms with Crippen LogP contribution >= 0.6 is 0 Å². The number of hydrogen-bond donors (Lipinski definition) is 0. The molecule has 2 aromatic rings. The van der Waals surface area contributed by atoms with Crippen LogP contribution in [0, 0.1) is 10.1 Å². The van der Waals surface area contributed by atoms with E-state index in [1.54, 1.807) is 30.3 Å². The van der Waals surface area contributed by atoms with Crippen LogP contribution in [-0.2, 0) is 12.6 Å². The molecule has 0 saturated heterocycles. The van der Waals surface area contributed by atoms with Gasteiger partial charge in [0.15, 0.2) is 5.78 Å². The van der Waals surface area contributed by atoms with Crippen molar-refractivity contribution in [2.75, 3.05) is 0 Å². The number of alkyl halides is 3. The number of carbonyl (C=O) groups excluding carboxylic acids is 1. The summed E-state index contributed by atoms with van der Waals surface area (Å²) in [5.41, 5.74) is -1.99. The predicted molar refractivity (Wildman–Crippen MR) is 72.6 cm³/mol. The van der Waals surface area contributed by atoms with Crippen molar-refractivity contribution in [2.45, 2.75) is 12.6 Å². The lowest BCUT2D eigenvalue weighted by molar-refractivity contribution is -0.385. The molecule has 0 atom stereocenters. The van der Waals surface area contributed by atoms with Gasteiger partial charge in [-0.2, -0.15) is 13.2 Å². The van der Waals surface area contributed by atoms with Crippen LogP contribution in [0.1, 0.15) is 21.5 Å². The average molecular weight is 309 g/mol. The number of hydrogen-bond acceptors (Lipinski definition) is 3. The number of nitrogens with zero attached hydrogens (tertiary/aromatic N) is 1. The lowest BCUT2D eigenvalue weighted by Gasteiger charge is -2.12. The number of nitro groups is 1. The molecule has 0 aliphatic rings. The van der Waals surface area contributed by atoms with Gasteiger partial charge in [-0.1, -0.05) is 30.3 Å². The van der Waals surface area contributed by atoms with Gasteiger partial charge in [0, 0.05) is 24.1 Å². The molecule has 4 nitrogen and oxygen atoms in total. The van der Waals surface area contributed by atoms with Crippen LogP contribution in [0.15, 0.2) is 48.5 Å². The first-order chi connectivity index (χ1) is 10.3. The van der Waals surface area contributed by atoms with E-state index < -0.39 is 33.7 Å². The second-order valence-electron chi connectivity index (χ2n) is 4.57. The van der Waals surface area contributed by atoms with Crippen molar-refractivity contribution in [2.24, 2.45) is 0 Å². The van der Waals surface area contributed by atoms with Crippen molar-refractivity contribution in [1.29, 1.82) is 0 Å². The number of Topliss-reactive ketones (excluding diaryl/α,β-unsaturated/α-hetero) is 1. The number of benzene rings is 2. The zero-order valence-corrected chi connectivity index (χ0v) is 11.1. The minimum absolute atomic E-state index is 0.207. The van der Waals surface area contributed by atoms with Crippen molar-refractivity contribution in [1.82, 2.24) is 0 Å². The van der Waals surface area contributed by atoms with Gasteiger partial charge < -0.3 is 0 Å². The highest BCUT2D eigenvalue weighted by molar-refractivity contribution is 5.99. The molecule has 22 heavy (non-hydrogen) atoms. The number of ketones is 1. The van der Waals surface area contributed by atoms with Gasteiger partial charge >= 0.3 is 6.18 Å². The first kappa shape index (κ1) is 15.7. The van der Waals surface area contributed by atoms with Gasteiger partial charge in [-0.05, 0) is 11.6 Å². The Labute approximate surface area is 123 Å². The summed E-state index contributed by atoms with van der Waals surface area (Å²) >= 11 is 0. The summed E-state index contributed by atoms with van der Waals surface area (Å²) in [4.78, 5) is 21.8. The van der Waals surface area contributed by atoms with E-state index in [0.717, 1.165) is 12.1 Å². The van der Waals surface area contributed by atoms with Crippen LogP contribution in [-0.4, -0.2) is 10.7 Å². The zero-order chi connectivity index (χ0) is 16.3. The fourth-order valence-corrected chi connectivity index (χ4v) is 2.00. The van der Waals surface area contributed by atoms with E-state index in [1.165, 1.54) is 0 Å². The Morgan fingerprint density at radius 1 is 1.09 bits per heavy atom. The minimum Gasteiger partial charge on any atom is -0.294 e. The lowest BCUT2D eigenvalue weighted by atomic mass is 9.97. The molecule has 2 aromatic carbocycles. The summed E-state index contributed by atoms with van der Waals surface area (Å²) in [6.45, 7) is 0. The van der Waals surface area contributed by atoms with Crippen molar-refractivity contribution < 1.29 is 22.9 Å². The largest absolute Gasteiger partial charge is 0.417 e. The highest BCUT2D eigenvalue weighted by Gasteiger charge is 2.36. The number of halogens is 3. The molecule has 0 N–H and O–H groups in total. The van der Waals surface area contributed by atoms with Crippen molar-refractivity contribution >= 4 is 11.5 Å². The maximum absolute atomic E-state index is 13.0. The van der Waals surface area contributed by atoms with Crippen LogP contribution in [0.5, 0.6) is 0 Å². The predicted octanol–water partition coefficient (Wildman–Crippen LogP) is 4.04. The molecular formula is C15H10F3NO3. The van der Waals surface area contributed by atoms with E-state index in [2.05, 4.69) is 0 Å². The fourth-order valence-electron chi connectivity index (χ4n) is 2.00. The number of carbonyl (C=O) groups is 1. The van der Waals surface area contributed by atoms with Crippen molar-refractivity contribution in [3.63, 3.8) is 0 Å². The smallest absolute Gasteiger partial charge is 0.294 e. The molecule has 0 amide bonds. The normalized spacial score (nSPS) is 11.2. The first-order valence-corrected chi connectivity index (χ1v) is 6.22. The third-order valence-corrected chi connectivity index (χ3v) is 3.03. The third kappa shape index (κ3) is 3.49. The highest BCUT2D eigenvalue weighted by atomic mass is 19.4. The summed E-state index contributed by atoms with van der Waals surface area (Å²) in [5, 5.41) is 10.6. The zero-order valence-electron chi connectivity index (χ0n) is 11.1. The van der Waals surface area contributed by atoms with E-state index in [0.29, 0.717) is 11.6 Å². The summed E-state index contributed by atoms with van der Waals surface area (Å²) < 4.78 is 39.0. The Morgan fingerprint density at radius 2 is 1.73 bits per heavy atom. The quantitative estimate of drug-likeness (QED) is 0.486. The lowest BCUT2D eigenvalue weighted by Crippen LogP contribution is -2.15. The molecule has 0 unspecified atom stereocenters. The van der Waals surface area contributed by atoms with E-state index in [4.69, 9.17) is 0 Å². The molecule has 0 bridgehead atoms. The maximum Gasteiger partial charge on any atom is 0.417 e. The summed E-state index contributed by atoms with van der Waals surface area (Å²) in [6, 6.07) is 10.4. The van der Waals surface area contributed by atoms with Crippen LogP contribution in [0.3, 0.4) is 0 Å². The molecule has 0 aliphatic carbocycles. The molecule has 2 rings (SSSR count).